The van der Waals surface area contributed by atoms with Gasteiger partial charge >= 0.3 is 51.4 Å². The molecule has 0 aliphatic carbocycles. The van der Waals surface area contributed by atoms with E-state index in [4.69, 9.17) is 6.57 Å². The van der Waals surface area contributed by atoms with Gasteiger partial charge in [0, 0.05) is 4.38 Å². The molecule has 0 aliphatic rings. The molecule has 0 atom stereocenters. The van der Waals surface area contributed by atoms with Gasteiger partial charge < -0.3 is 12.6 Å². The Morgan fingerprint density at radius 3 is 2.50 bits per heavy atom. The Bertz CT molecular complexity index is 117. The van der Waals surface area contributed by atoms with E-state index in [-0.39, 0.29) is 51.4 Å². The van der Waals surface area contributed by atoms with Crippen molar-refractivity contribution in [3.8, 4) is 0 Å². The minimum absolute atomic E-state index is 0. The first-order valence-corrected chi connectivity index (χ1v) is 3.10. The molecule has 0 aromatic heterocycles. The SMILES string of the molecule is [C-]#[N+]/N=C(\[S-])SC.[K+]. The fourth-order valence-electron chi connectivity index (χ4n) is 0.0816. The van der Waals surface area contributed by atoms with E-state index in [2.05, 4.69) is 22.7 Å². The van der Waals surface area contributed by atoms with Crippen molar-refractivity contribution in [3.05, 3.63) is 11.5 Å². The van der Waals surface area contributed by atoms with Crippen LogP contribution in [0.15, 0.2) is 5.10 Å². The van der Waals surface area contributed by atoms with Crippen LogP contribution in [0, 0.1) is 6.57 Å². The normalized spacial score (nSPS) is 9.25. The minimum Gasteiger partial charge on any atom is -0.747 e. The number of rotatable bonds is 0. The monoisotopic (exact) mass is 170 g/mol. The van der Waals surface area contributed by atoms with Crippen molar-refractivity contribution in [2.75, 3.05) is 6.26 Å². The molecule has 0 aromatic rings. The Hall–Kier alpha value is 1.37. The third-order valence-corrected chi connectivity index (χ3v) is 1.32. The largest absolute Gasteiger partial charge is 1.00 e. The van der Waals surface area contributed by atoms with Gasteiger partial charge in [0.1, 0.15) is 0 Å². The number of thioether (sulfide) groups is 1. The third-order valence-electron chi connectivity index (χ3n) is 0.306. The summed E-state index contributed by atoms with van der Waals surface area (Å²) in [5, 5.41) is 3.23. The Morgan fingerprint density at radius 2 is 2.38 bits per heavy atom. The van der Waals surface area contributed by atoms with Gasteiger partial charge in [-0.05, 0) is 6.26 Å². The Kier molecular flexibility index (Phi) is 12.6. The molecule has 0 unspecified atom stereocenters. The quantitative estimate of drug-likeness (QED) is 0.105. The first-order valence-electron chi connectivity index (χ1n) is 1.46. The van der Waals surface area contributed by atoms with Crippen molar-refractivity contribution in [3.63, 3.8) is 0 Å². The van der Waals surface area contributed by atoms with Gasteiger partial charge in [0.05, 0.1) is 5.10 Å². The number of hydrogen-bond donors (Lipinski definition) is 0. The summed E-state index contributed by atoms with van der Waals surface area (Å²) in [6.07, 6.45) is 1.79. The topological polar surface area (TPSA) is 16.7 Å². The van der Waals surface area contributed by atoms with Gasteiger partial charge in [-0.15, -0.1) is 16.7 Å². The van der Waals surface area contributed by atoms with E-state index in [0.717, 1.165) is 0 Å². The number of nitrogens with zero attached hydrogens (tertiary/aromatic N) is 2. The Balaban J connectivity index is 0. The zero-order valence-corrected chi connectivity index (χ0v) is 9.47. The molecule has 2 nitrogen and oxygen atoms in total. The Labute approximate surface area is 101 Å². The van der Waals surface area contributed by atoms with Gasteiger partial charge in [-0.1, -0.05) is 0 Å². The summed E-state index contributed by atoms with van der Waals surface area (Å²) >= 11 is 5.84. The molecule has 38 valence electrons. The molecule has 0 heterocycles. The zero-order chi connectivity index (χ0) is 5.70. The molecule has 0 spiro atoms. The molecule has 0 saturated carbocycles. The van der Waals surface area contributed by atoms with Crippen LogP contribution in [0.2, 0.25) is 0 Å². The van der Waals surface area contributed by atoms with Gasteiger partial charge in [0.2, 0.25) is 0 Å². The molecule has 0 aromatic carbocycles. The van der Waals surface area contributed by atoms with Crippen LogP contribution < -0.4 is 51.4 Å². The van der Waals surface area contributed by atoms with Crippen molar-refractivity contribution < 1.29 is 51.4 Å². The van der Waals surface area contributed by atoms with E-state index < -0.39 is 0 Å². The molecule has 5 heteroatoms. The van der Waals surface area contributed by atoms with Crippen LogP contribution in [0.4, 0.5) is 0 Å². The second-order valence-corrected chi connectivity index (χ2v) is 2.11. The van der Waals surface area contributed by atoms with Crippen molar-refractivity contribution in [1.29, 1.82) is 0 Å². The average molecular weight is 170 g/mol. The first kappa shape index (κ1) is 12.1. The van der Waals surface area contributed by atoms with Crippen LogP contribution in [0.3, 0.4) is 0 Å². The van der Waals surface area contributed by atoms with Crippen LogP contribution in [-0.4, -0.2) is 10.6 Å². The second kappa shape index (κ2) is 8.37. The molecule has 0 radical (unpaired) electrons. The molecule has 8 heavy (non-hydrogen) atoms. The van der Waals surface area contributed by atoms with Gasteiger partial charge in [0.15, 0.2) is 0 Å². The first-order chi connectivity index (χ1) is 3.31. The van der Waals surface area contributed by atoms with E-state index >= 15 is 0 Å². The van der Waals surface area contributed by atoms with Crippen molar-refractivity contribution >= 4 is 28.8 Å². The molecule has 0 saturated heterocycles. The van der Waals surface area contributed by atoms with Gasteiger partial charge in [-0.3, -0.25) is 0 Å². The molecule has 0 N–H and O–H groups in total. The predicted octanol–water partition coefficient (Wildman–Crippen LogP) is -1.91. The maximum Gasteiger partial charge on any atom is 1.00 e. The molecule has 0 aliphatic heterocycles. The summed E-state index contributed by atoms with van der Waals surface area (Å²) in [4.78, 5) is 2.72. The smallest absolute Gasteiger partial charge is 0.747 e. The molecular formula is C3H3KN2S2. The minimum atomic E-state index is 0. The van der Waals surface area contributed by atoms with E-state index in [9.17, 15) is 0 Å². The standard InChI is InChI=1S/C3H4N2S2.K/c1-4-5-3(6)7-2;/h2H3,(H,5,6);/q;+1/p-1. The van der Waals surface area contributed by atoms with Crippen molar-refractivity contribution in [1.82, 2.24) is 0 Å². The second-order valence-electron chi connectivity index (χ2n) is 0.670. The Morgan fingerprint density at radius 1 is 1.88 bits per heavy atom. The van der Waals surface area contributed by atoms with Crippen LogP contribution in [0.25, 0.3) is 4.95 Å². The van der Waals surface area contributed by atoms with Crippen LogP contribution in [-0.2, 0) is 12.6 Å². The van der Waals surface area contributed by atoms with Crippen molar-refractivity contribution in [2.45, 2.75) is 0 Å². The summed E-state index contributed by atoms with van der Waals surface area (Å²) in [7, 11) is 0. The predicted molar refractivity (Wildman–Crippen MR) is 34.9 cm³/mol. The molecular weight excluding hydrogens is 167 g/mol. The average Bonchev–Trinajstić information content (AvgIpc) is 1.68. The van der Waals surface area contributed by atoms with Crippen molar-refractivity contribution in [2.24, 2.45) is 5.10 Å². The maximum absolute atomic E-state index is 6.19. The molecule has 0 rings (SSSR count). The van der Waals surface area contributed by atoms with Crippen LogP contribution in [0.5, 0.6) is 0 Å². The summed E-state index contributed by atoms with van der Waals surface area (Å²) in [6, 6.07) is 0. The maximum atomic E-state index is 6.19. The van der Waals surface area contributed by atoms with E-state index in [0.29, 0.717) is 4.38 Å². The van der Waals surface area contributed by atoms with E-state index in [1.54, 1.807) is 6.26 Å². The van der Waals surface area contributed by atoms with Gasteiger partial charge in [0.25, 0.3) is 0 Å². The summed E-state index contributed by atoms with van der Waals surface area (Å²) in [5.41, 5.74) is 0. The van der Waals surface area contributed by atoms with E-state index in [1.807, 2.05) is 0 Å². The zero-order valence-electron chi connectivity index (χ0n) is 4.71. The number of hydrogen-bond acceptors (Lipinski definition) is 3. The molecule has 0 amide bonds. The molecule has 0 fully saturated rings. The van der Waals surface area contributed by atoms with E-state index in [1.165, 1.54) is 11.8 Å². The molecule has 0 bridgehead atoms. The van der Waals surface area contributed by atoms with Gasteiger partial charge in [-0.25, -0.2) is 0 Å². The van der Waals surface area contributed by atoms with Crippen LogP contribution in [0.1, 0.15) is 0 Å². The van der Waals surface area contributed by atoms with Gasteiger partial charge in [-0.2, -0.15) is 6.57 Å². The fraction of sp³-hybridized carbons (Fsp3) is 0.333. The van der Waals surface area contributed by atoms with Crippen LogP contribution >= 0.6 is 11.8 Å². The fourth-order valence-corrected chi connectivity index (χ4v) is 0.245. The third kappa shape index (κ3) is 7.37. The summed E-state index contributed by atoms with van der Waals surface area (Å²) in [6.45, 7) is 6.19. The summed E-state index contributed by atoms with van der Waals surface area (Å²) < 4.78 is 0.398. The summed E-state index contributed by atoms with van der Waals surface area (Å²) in [5.74, 6) is 0.